The van der Waals surface area contributed by atoms with E-state index in [0.29, 0.717) is 18.1 Å². The Hall–Kier alpha value is -3.67. The lowest BCUT2D eigenvalue weighted by Crippen LogP contribution is -2.41. The lowest BCUT2D eigenvalue weighted by Gasteiger charge is -2.34. The number of aliphatic imine (C=N–C) groups is 2. The molecule has 2 N–H and O–H groups in total. The Balaban J connectivity index is 1.44. The summed E-state index contributed by atoms with van der Waals surface area (Å²) in [6.07, 6.45) is 7.50. The van der Waals surface area contributed by atoms with Crippen LogP contribution in [0.5, 0.6) is 0 Å². The normalized spacial score (nSPS) is 19.6. The summed E-state index contributed by atoms with van der Waals surface area (Å²) in [5, 5.41) is 0. The number of likely N-dealkylation sites (tertiary alicyclic amines) is 1. The van der Waals surface area contributed by atoms with Gasteiger partial charge in [-0.15, -0.1) is 0 Å². The molecule has 2 atom stereocenters. The molecule has 2 aromatic rings. The summed E-state index contributed by atoms with van der Waals surface area (Å²) in [5.74, 6) is 1.15. The van der Waals surface area contributed by atoms with E-state index in [-0.39, 0.29) is 18.0 Å². The maximum absolute atomic E-state index is 13.4. The predicted molar refractivity (Wildman–Crippen MR) is 152 cm³/mol. The highest BCUT2D eigenvalue weighted by Crippen LogP contribution is 2.31. The van der Waals surface area contributed by atoms with Gasteiger partial charge in [-0.05, 0) is 79.5 Å². The van der Waals surface area contributed by atoms with Crippen LogP contribution < -0.4 is 5.73 Å². The topological polar surface area (TPSA) is 80.3 Å². The molecule has 2 heterocycles. The molecule has 0 radical (unpaired) electrons. The summed E-state index contributed by atoms with van der Waals surface area (Å²) in [6, 6.07) is 16.7. The first kappa shape index (κ1) is 26.4. The van der Waals surface area contributed by atoms with E-state index in [4.69, 9.17) is 15.5 Å². The van der Waals surface area contributed by atoms with Gasteiger partial charge in [-0.1, -0.05) is 42.5 Å². The third-order valence-corrected chi connectivity index (χ3v) is 7.64. The number of hydrogen-bond donors (Lipinski definition) is 1. The Kier molecular flexibility index (Phi) is 8.59. The third kappa shape index (κ3) is 6.37. The van der Waals surface area contributed by atoms with Gasteiger partial charge in [0.1, 0.15) is 0 Å². The second-order valence-electron chi connectivity index (χ2n) is 10.0. The van der Waals surface area contributed by atoms with E-state index >= 15 is 0 Å². The Morgan fingerprint density at radius 3 is 2.51 bits per heavy atom. The van der Waals surface area contributed by atoms with Gasteiger partial charge in [0.2, 0.25) is 5.91 Å². The fourth-order valence-electron chi connectivity index (χ4n) is 5.04. The van der Waals surface area contributed by atoms with Crippen molar-refractivity contribution in [2.45, 2.75) is 52.1 Å². The van der Waals surface area contributed by atoms with Crippen LogP contribution in [0.1, 0.15) is 48.4 Å². The maximum atomic E-state index is 13.4. The number of nitrogens with two attached hydrogens (primary N) is 1. The SMILES string of the molecule is CO/C(C=NC(C)C1CCN(C(=O)CC2N=C(c3ccc(C)c(C)c3)C=C2c2ccccc2)CC1)=C/N. The molecule has 0 aliphatic carbocycles. The standard InChI is InChI=1S/C31H38N4O2/c1-21-10-11-26(16-22(21)2)29-17-28(25-8-6-5-7-9-25)30(34-29)18-31(36)35-14-12-24(13-15-35)23(3)33-20-27(19-32)37-4/h5-11,16-17,19-20,23-24,30H,12-15,18,32H2,1-4H3/b27-19+,33-20?. The Morgan fingerprint density at radius 2 is 1.86 bits per heavy atom. The number of carbonyl (C=O) groups is 1. The Morgan fingerprint density at radius 1 is 1.14 bits per heavy atom. The number of ether oxygens (including phenoxy) is 1. The van der Waals surface area contributed by atoms with Gasteiger partial charge in [0, 0.05) is 19.3 Å². The van der Waals surface area contributed by atoms with E-state index in [1.807, 2.05) is 23.1 Å². The van der Waals surface area contributed by atoms with Crippen LogP contribution >= 0.6 is 0 Å². The molecule has 37 heavy (non-hydrogen) atoms. The van der Waals surface area contributed by atoms with Crippen molar-refractivity contribution in [2.24, 2.45) is 21.6 Å². The predicted octanol–water partition coefficient (Wildman–Crippen LogP) is 5.09. The Labute approximate surface area is 220 Å². The average Bonchev–Trinajstić information content (AvgIpc) is 3.35. The van der Waals surface area contributed by atoms with Crippen molar-refractivity contribution in [3.05, 3.63) is 88.8 Å². The molecule has 2 aliphatic heterocycles. The fourth-order valence-corrected chi connectivity index (χ4v) is 5.04. The molecule has 0 aromatic heterocycles. The van der Waals surface area contributed by atoms with Gasteiger partial charge < -0.3 is 15.4 Å². The summed E-state index contributed by atoms with van der Waals surface area (Å²) in [5.41, 5.74) is 12.3. The molecule has 1 saturated heterocycles. The first-order chi connectivity index (χ1) is 17.9. The van der Waals surface area contributed by atoms with Crippen molar-refractivity contribution in [3.63, 3.8) is 0 Å². The van der Waals surface area contributed by atoms with Crippen molar-refractivity contribution < 1.29 is 9.53 Å². The minimum absolute atomic E-state index is 0.148. The first-order valence-electron chi connectivity index (χ1n) is 13.1. The number of benzene rings is 2. The molecule has 0 spiro atoms. The van der Waals surface area contributed by atoms with Crippen LogP contribution in [-0.4, -0.2) is 55.0 Å². The average molecular weight is 499 g/mol. The molecule has 0 saturated carbocycles. The van der Waals surface area contributed by atoms with E-state index in [1.165, 1.54) is 17.3 Å². The number of piperidine rings is 1. The summed E-state index contributed by atoms with van der Waals surface area (Å²) in [7, 11) is 1.58. The van der Waals surface area contributed by atoms with Gasteiger partial charge in [0.15, 0.2) is 5.76 Å². The number of amides is 1. The minimum atomic E-state index is -0.178. The second-order valence-corrected chi connectivity index (χ2v) is 10.0. The number of nitrogens with zero attached hydrogens (tertiary/aromatic N) is 3. The quantitative estimate of drug-likeness (QED) is 0.407. The van der Waals surface area contributed by atoms with Gasteiger partial charge in [-0.3, -0.25) is 14.8 Å². The van der Waals surface area contributed by atoms with Crippen LogP contribution in [0.25, 0.3) is 5.57 Å². The van der Waals surface area contributed by atoms with Crippen molar-refractivity contribution in [2.75, 3.05) is 20.2 Å². The van der Waals surface area contributed by atoms with E-state index in [0.717, 1.165) is 48.3 Å². The van der Waals surface area contributed by atoms with Crippen LogP contribution in [0, 0.1) is 19.8 Å². The number of hydrogen-bond acceptors (Lipinski definition) is 5. The zero-order valence-electron chi connectivity index (χ0n) is 22.4. The van der Waals surface area contributed by atoms with E-state index < -0.39 is 0 Å². The number of allylic oxidation sites excluding steroid dienone is 2. The number of rotatable bonds is 8. The highest BCUT2D eigenvalue weighted by atomic mass is 16.5. The lowest BCUT2D eigenvalue weighted by atomic mass is 9.90. The van der Waals surface area contributed by atoms with Crippen molar-refractivity contribution >= 4 is 23.4 Å². The van der Waals surface area contributed by atoms with E-state index in [9.17, 15) is 4.79 Å². The summed E-state index contributed by atoms with van der Waals surface area (Å²) in [4.78, 5) is 25.1. The van der Waals surface area contributed by atoms with Crippen molar-refractivity contribution in [3.8, 4) is 0 Å². The van der Waals surface area contributed by atoms with E-state index in [2.05, 4.69) is 62.2 Å². The van der Waals surface area contributed by atoms with Crippen LogP contribution in [0.3, 0.4) is 0 Å². The minimum Gasteiger partial charge on any atom is -0.494 e. The largest absolute Gasteiger partial charge is 0.494 e. The van der Waals surface area contributed by atoms with Gasteiger partial charge >= 0.3 is 0 Å². The molecule has 2 aliphatic rings. The zero-order valence-corrected chi connectivity index (χ0v) is 22.4. The molecule has 6 nitrogen and oxygen atoms in total. The maximum Gasteiger partial charge on any atom is 0.225 e. The van der Waals surface area contributed by atoms with Crippen LogP contribution in [-0.2, 0) is 9.53 Å². The van der Waals surface area contributed by atoms with Gasteiger partial charge in [-0.2, -0.15) is 0 Å². The molecule has 6 heteroatoms. The monoisotopic (exact) mass is 498 g/mol. The molecule has 0 bridgehead atoms. The number of carbonyl (C=O) groups excluding carboxylic acids is 1. The first-order valence-corrected chi connectivity index (χ1v) is 13.1. The fraction of sp³-hybridized carbons (Fsp3) is 0.387. The van der Waals surface area contributed by atoms with Crippen molar-refractivity contribution in [1.29, 1.82) is 0 Å². The van der Waals surface area contributed by atoms with Gasteiger partial charge in [-0.25, -0.2) is 0 Å². The molecule has 1 amide bonds. The smallest absolute Gasteiger partial charge is 0.225 e. The highest BCUT2D eigenvalue weighted by molar-refractivity contribution is 6.16. The molecule has 4 rings (SSSR count). The number of aryl methyl sites for hydroxylation is 2. The van der Waals surface area contributed by atoms with Gasteiger partial charge in [0.05, 0.1) is 37.5 Å². The van der Waals surface area contributed by atoms with Gasteiger partial charge in [0.25, 0.3) is 0 Å². The lowest BCUT2D eigenvalue weighted by molar-refractivity contribution is -0.132. The molecule has 1 fully saturated rings. The number of methoxy groups -OCH3 is 1. The second kappa shape index (κ2) is 12.0. The molecule has 2 unspecified atom stereocenters. The van der Waals surface area contributed by atoms with Crippen LogP contribution in [0.2, 0.25) is 0 Å². The van der Waals surface area contributed by atoms with Crippen molar-refractivity contribution in [1.82, 2.24) is 4.90 Å². The molecular formula is C31H38N4O2. The van der Waals surface area contributed by atoms with E-state index in [1.54, 1.807) is 13.3 Å². The van der Waals surface area contributed by atoms with Crippen LogP contribution in [0.15, 0.2) is 76.6 Å². The Bertz CT molecular complexity index is 1220. The third-order valence-electron chi connectivity index (χ3n) is 7.64. The summed E-state index contributed by atoms with van der Waals surface area (Å²) in [6.45, 7) is 7.85. The molecular weight excluding hydrogens is 460 g/mol. The molecule has 2 aromatic carbocycles. The summed E-state index contributed by atoms with van der Waals surface area (Å²) < 4.78 is 5.16. The summed E-state index contributed by atoms with van der Waals surface area (Å²) >= 11 is 0. The zero-order chi connectivity index (χ0) is 26.4. The van der Waals surface area contributed by atoms with Crippen LogP contribution in [0.4, 0.5) is 0 Å². The molecule has 194 valence electrons. The highest BCUT2D eigenvalue weighted by Gasteiger charge is 2.30.